The first-order valence-electron chi connectivity index (χ1n) is 7.22. The zero-order valence-electron chi connectivity index (χ0n) is 13.7. The van der Waals surface area contributed by atoms with Crippen LogP contribution in [0.4, 0.5) is 4.79 Å². The van der Waals surface area contributed by atoms with Gasteiger partial charge in [0.25, 0.3) is 0 Å². The first kappa shape index (κ1) is 18.7. The van der Waals surface area contributed by atoms with Crippen molar-refractivity contribution in [1.82, 2.24) is 10.2 Å². The van der Waals surface area contributed by atoms with Crippen LogP contribution < -0.4 is 5.32 Å². The number of aliphatic carboxylic acids is 1. The number of carbonyl (C=O) groups excluding carboxylic acids is 1. The highest BCUT2D eigenvalue weighted by Crippen LogP contribution is 2.16. The molecule has 0 aliphatic heterocycles. The molecule has 0 bridgehead atoms. The van der Waals surface area contributed by atoms with Gasteiger partial charge >= 0.3 is 12.0 Å². The number of carboxylic acid groups (broad SMARTS) is 1. The summed E-state index contributed by atoms with van der Waals surface area (Å²) in [6, 6.07) is -0.140. The highest BCUT2D eigenvalue weighted by Gasteiger charge is 2.20. The van der Waals surface area contributed by atoms with Crippen molar-refractivity contribution >= 4 is 12.0 Å². The molecule has 0 saturated heterocycles. The Morgan fingerprint density at radius 2 is 1.80 bits per heavy atom. The average molecular weight is 286 g/mol. The summed E-state index contributed by atoms with van der Waals surface area (Å²) in [6.45, 7) is 11.4. The molecule has 0 aliphatic carbocycles. The number of carboxylic acids is 1. The zero-order valence-corrected chi connectivity index (χ0v) is 13.7. The van der Waals surface area contributed by atoms with Gasteiger partial charge in [-0.3, -0.25) is 4.79 Å². The molecule has 0 aromatic carbocycles. The first-order valence-corrected chi connectivity index (χ1v) is 7.22. The molecule has 0 rings (SSSR count). The Labute approximate surface area is 122 Å². The molecule has 0 spiro atoms. The number of hydrogen-bond donors (Lipinski definition) is 2. The van der Waals surface area contributed by atoms with Gasteiger partial charge in [-0.15, -0.1) is 0 Å². The molecule has 5 nitrogen and oxygen atoms in total. The molecular weight excluding hydrogens is 256 g/mol. The maximum Gasteiger partial charge on any atom is 0.317 e. The predicted octanol–water partition coefficient (Wildman–Crippen LogP) is 2.81. The van der Waals surface area contributed by atoms with Crippen LogP contribution in [0.2, 0.25) is 0 Å². The van der Waals surface area contributed by atoms with E-state index in [-0.39, 0.29) is 23.8 Å². The van der Waals surface area contributed by atoms with Gasteiger partial charge in [0.05, 0.1) is 0 Å². The normalized spacial score (nSPS) is 13.2. The van der Waals surface area contributed by atoms with Crippen LogP contribution in [0, 0.1) is 17.3 Å². The largest absolute Gasteiger partial charge is 0.481 e. The third-order valence-electron chi connectivity index (χ3n) is 2.87. The highest BCUT2D eigenvalue weighted by molar-refractivity contribution is 5.74. The van der Waals surface area contributed by atoms with Crippen LogP contribution in [-0.2, 0) is 4.79 Å². The highest BCUT2D eigenvalue weighted by atomic mass is 16.4. The van der Waals surface area contributed by atoms with Crippen LogP contribution in [0.5, 0.6) is 0 Å². The number of nitrogens with zero attached hydrogens (tertiary/aromatic N) is 1. The molecule has 2 N–H and O–H groups in total. The topological polar surface area (TPSA) is 69.6 Å². The summed E-state index contributed by atoms with van der Waals surface area (Å²) in [5.41, 5.74) is 0.0461. The molecule has 0 heterocycles. The monoisotopic (exact) mass is 286 g/mol. The fraction of sp³-hybridized carbons (Fsp3) is 0.867. The summed E-state index contributed by atoms with van der Waals surface area (Å²) in [4.78, 5) is 24.4. The molecule has 0 radical (unpaired) electrons. The number of amides is 2. The van der Waals surface area contributed by atoms with Crippen LogP contribution in [0.25, 0.3) is 0 Å². The smallest absolute Gasteiger partial charge is 0.317 e. The van der Waals surface area contributed by atoms with Gasteiger partial charge in [-0.25, -0.2) is 4.79 Å². The number of carbonyl (C=O) groups is 2. The quantitative estimate of drug-likeness (QED) is 0.756. The minimum atomic E-state index is -0.812. The summed E-state index contributed by atoms with van der Waals surface area (Å²) in [5, 5.41) is 11.7. The van der Waals surface area contributed by atoms with Crippen molar-refractivity contribution in [2.24, 2.45) is 17.3 Å². The van der Waals surface area contributed by atoms with Crippen molar-refractivity contribution < 1.29 is 14.7 Å². The Balaban J connectivity index is 4.32. The summed E-state index contributed by atoms with van der Waals surface area (Å²) in [7, 11) is 1.76. The maximum absolute atomic E-state index is 12.0. The van der Waals surface area contributed by atoms with Crippen molar-refractivity contribution in [2.45, 2.75) is 47.5 Å². The molecule has 1 atom stereocenters. The lowest BCUT2D eigenvalue weighted by atomic mass is 9.94. The molecule has 5 heteroatoms. The second-order valence-corrected chi connectivity index (χ2v) is 7.20. The second-order valence-electron chi connectivity index (χ2n) is 7.20. The van der Waals surface area contributed by atoms with Crippen molar-refractivity contribution in [3.05, 3.63) is 0 Å². The lowest BCUT2D eigenvalue weighted by Crippen LogP contribution is -2.43. The van der Waals surface area contributed by atoms with E-state index in [9.17, 15) is 9.59 Å². The van der Waals surface area contributed by atoms with Crippen LogP contribution >= 0.6 is 0 Å². The molecule has 0 fully saturated rings. The van der Waals surface area contributed by atoms with Gasteiger partial charge in [0, 0.05) is 26.6 Å². The molecule has 0 aromatic rings. The Morgan fingerprint density at radius 3 is 2.20 bits per heavy atom. The van der Waals surface area contributed by atoms with Gasteiger partial charge in [-0.05, 0) is 23.7 Å². The zero-order chi connectivity index (χ0) is 15.9. The van der Waals surface area contributed by atoms with Crippen molar-refractivity contribution in [3.8, 4) is 0 Å². The summed E-state index contributed by atoms with van der Waals surface area (Å²) >= 11 is 0. The lowest BCUT2D eigenvalue weighted by Gasteiger charge is -2.27. The second kappa shape index (κ2) is 8.12. The van der Waals surface area contributed by atoms with E-state index in [1.54, 1.807) is 11.9 Å². The van der Waals surface area contributed by atoms with Gasteiger partial charge in [0.2, 0.25) is 0 Å². The molecule has 0 unspecified atom stereocenters. The minimum absolute atomic E-state index is 0.0144. The van der Waals surface area contributed by atoms with E-state index in [1.165, 1.54) is 0 Å². The van der Waals surface area contributed by atoms with Crippen LogP contribution in [-0.4, -0.2) is 42.1 Å². The van der Waals surface area contributed by atoms with E-state index < -0.39 is 5.97 Å². The van der Waals surface area contributed by atoms with Gasteiger partial charge < -0.3 is 15.3 Å². The Bertz CT molecular complexity index is 322. The fourth-order valence-electron chi connectivity index (χ4n) is 2.30. The standard InChI is InChI=1S/C15H30N2O3/c1-11(2)7-12(8-13(18)19)9-16-14(20)17(6)10-15(3,4)5/h11-12H,7-10H2,1-6H3,(H,16,20)(H,18,19)/t12-/m0/s1. The van der Waals surface area contributed by atoms with Crippen molar-refractivity contribution in [2.75, 3.05) is 20.1 Å². The van der Waals surface area contributed by atoms with E-state index >= 15 is 0 Å². The molecule has 2 amide bonds. The molecule has 118 valence electrons. The van der Waals surface area contributed by atoms with E-state index in [0.29, 0.717) is 19.0 Å². The minimum Gasteiger partial charge on any atom is -0.481 e. The van der Waals surface area contributed by atoms with Crippen molar-refractivity contribution in [3.63, 3.8) is 0 Å². The summed E-state index contributed by atoms with van der Waals surface area (Å²) in [6.07, 6.45) is 0.900. The van der Waals surface area contributed by atoms with Gasteiger partial charge in [0.15, 0.2) is 0 Å². The number of hydrogen-bond acceptors (Lipinski definition) is 2. The third-order valence-corrected chi connectivity index (χ3v) is 2.87. The van der Waals surface area contributed by atoms with Crippen LogP contribution in [0.15, 0.2) is 0 Å². The predicted molar refractivity (Wildman–Crippen MR) is 80.7 cm³/mol. The molecule has 0 aliphatic rings. The SMILES string of the molecule is CC(C)C[C@H](CNC(=O)N(C)CC(C)(C)C)CC(=O)O. The Kier molecular flexibility index (Phi) is 7.61. The van der Waals surface area contributed by atoms with Crippen LogP contribution in [0.1, 0.15) is 47.5 Å². The molecular formula is C15H30N2O3. The Hall–Kier alpha value is -1.26. The number of nitrogens with one attached hydrogen (secondary N) is 1. The third kappa shape index (κ3) is 9.64. The van der Waals surface area contributed by atoms with Gasteiger partial charge in [0.1, 0.15) is 0 Å². The summed E-state index contributed by atoms with van der Waals surface area (Å²) < 4.78 is 0. The lowest BCUT2D eigenvalue weighted by molar-refractivity contribution is -0.138. The maximum atomic E-state index is 12.0. The molecule has 0 aromatic heterocycles. The van der Waals surface area contributed by atoms with E-state index in [0.717, 1.165) is 6.42 Å². The number of urea groups is 1. The Morgan fingerprint density at radius 1 is 1.25 bits per heavy atom. The molecule has 0 saturated carbocycles. The van der Waals surface area contributed by atoms with E-state index in [4.69, 9.17) is 5.11 Å². The van der Waals surface area contributed by atoms with Crippen molar-refractivity contribution in [1.29, 1.82) is 0 Å². The summed E-state index contributed by atoms with van der Waals surface area (Å²) in [5.74, 6) is -0.406. The van der Waals surface area contributed by atoms with Crippen LogP contribution in [0.3, 0.4) is 0 Å². The first-order chi connectivity index (χ1) is 9.01. The van der Waals surface area contributed by atoms with E-state index in [2.05, 4.69) is 39.9 Å². The fourth-order valence-corrected chi connectivity index (χ4v) is 2.30. The van der Waals surface area contributed by atoms with Gasteiger partial charge in [-0.1, -0.05) is 34.6 Å². The number of rotatable bonds is 7. The van der Waals surface area contributed by atoms with E-state index in [1.807, 2.05) is 0 Å². The van der Waals surface area contributed by atoms with Gasteiger partial charge in [-0.2, -0.15) is 0 Å². The molecule has 20 heavy (non-hydrogen) atoms. The average Bonchev–Trinajstić information content (AvgIpc) is 2.21.